The Morgan fingerprint density at radius 2 is 2.45 bits per heavy atom. The van der Waals surface area contributed by atoms with E-state index in [0.29, 0.717) is 5.92 Å². The Kier molecular flexibility index (Phi) is 5.15. The first-order valence-corrected chi connectivity index (χ1v) is 3.57. The molecule has 0 radical (unpaired) electrons. The summed E-state index contributed by atoms with van der Waals surface area (Å²) in [6.45, 7) is 4.07. The fourth-order valence-electron chi connectivity index (χ4n) is 0.368. The van der Waals surface area contributed by atoms with Gasteiger partial charge in [0.05, 0.1) is 7.11 Å². The smallest absolute Gasteiger partial charge is 0.427 e. The minimum atomic E-state index is -0.537. The molecule has 0 fully saturated rings. The summed E-state index contributed by atoms with van der Waals surface area (Å²) in [6.07, 6.45) is 2.15. The average molecular weight is 158 g/mol. The lowest BCUT2D eigenvalue weighted by Crippen LogP contribution is -2.17. The number of methoxy groups -OCH3 is 1. The van der Waals surface area contributed by atoms with E-state index in [9.17, 15) is 4.79 Å². The molecule has 0 aliphatic carbocycles. The number of carbonyl (C=O) groups excluding carboxylic acids is 1. The van der Waals surface area contributed by atoms with Crippen molar-refractivity contribution in [3.8, 4) is 0 Å². The number of carbonyl (C=O) groups is 1. The van der Waals surface area contributed by atoms with Crippen LogP contribution >= 0.6 is 0 Å². The molecule has 0 aromatic carbocycles. The summed E-state index contributed by atoms with van der Waals surface area (Å²) < 4.78 is 4.30. The van der Waals surface area contributed by atoms with E-state index >= 15 is 0 Å². The van der Waals surface area contributed by atoms with Crippen molar-refractivity contribution in [3.05, 3.63) is 0 Å². The largest absolute Gasteiger partial charge is 0.452 e. The van der Waals surface area contributed by atoms with Crippen LogP contribution in [0.5, 0.6) is 0 Å². The molecule has 4 nitrogen and oxygen atoms in total. The zero-order valence-corrected chi connectivity index (χ0v) is 7.13. The molecule has 0 aromatic heterocycles. The van der Waals surface area contributed by atoms with Crippen LogP contribution in [0.2, 0.25) is 0 Å². The Balaban J connectivity index is 3.51. The maximum atomic E-state index is 10.4. The molecular formula is C7H14N2O2. The zero-order chi connectivity index (χ0) is 8.69. The first-order chi connectivity index (χ1) is 5.20. The summed E-state index contributed by atoms with van der Waals surface area (Å²) in [5.74, 6) is 0.382. The lowest BCUT2D eigenvalue weighted by Gasteiger charge is -1.99. The van der Waals surface area contributed by atoms with Crippen molar-refractivity contribution in [1.29, 1.82) is 0 Å². The van der Waals surface area contributed by atoms with Crippen LogP contribution in [0.25, 0.3) is 0 Å². The molecule has 11 heavy (non-hydrogen) atoms. The van der Waals surface area contributed by atoms with Crippen molar-refractivity contribution in [1.82, 2.24) is 5.43 Å². The minimum absolute atomic E-state index is 0.382. The summed E-state index contributed by atoms with van der Waals surface area (Å²) in [5, 5.41) is 3.66. The fraction of sp³-hybridized carbons (Fsp3) is 0.714. The van der Waals surface area contributed by atoms with E-state index in [1.807, 2.05) is 6.92 Å². The van der Waals surface area contributed by atoms with Gasteiger partial charge in [0.1, 0.15) is 0 Å². The summed E-state index contributed by atoms with van der Waals surface area (Å²) >= 11 is 0. The maximum Gasteiger partial charge on any atom is 0.427 e. The maximum absolute atomic E-state index is 10.4. The highest BCUT2D eigenvalue weighted by atomic mass is 16.5. The van der Waals surface area contributed by atoms with Gasteiger partial charge in [-0.1, -0.05) is 13.8 Å². The highest BCUT2D eigenvalue weighted by molar-refractivity contribution is 5.69. The Morgan fingerprint density at radius 1 is 1.82 bits per heavy atom. The first-order valence-electron chi connectivity index (χ1n) is 3.57. The predicted molar refractivity (Wildman–Crippen MR) is 43.5 cm³/mol. The van der Waals surface area contributed by atoms with Gasteiger partial charge in [-0.2, -0.15) is 5.10 Å². The number of hydrogen-bond donors (Lipinski definition) is 1. The average Bonchev–Trinajstić information content (AvgIpc) is 2.04. The van der Waals surface area contributed by atoms with Gasteiger partial charge >= 0.3 is 6.09 Å². The molecule has 0 aromatic rings. The van der Waals surface area contributed by atoms with E-state index in [0.717, 1.165) is 6.42 Å². The number of amides is 1. The van der Waals surface area contributed by atoms with Crippen molar-refractivity contribution in [2.75, 3.05) is 7.11 Å². The topological polar surface area (TPSA) is 50.7 Å². The summed E-state index contributed by atoms with van der Waals surface area (Å²) in [6, 6.07) is 0. The third-order valence-electron chi connectivity index (χ3n) is 1.31. The van der Waals surface area contributed by atoms with Crippen LogP contribution in [-0.4, -0.2) is 19.4 Å². The third-order valence-corrected chi connectivity index (χ3v) is 1.31. The molecule has 0 saturated carbocycles. The fourth-order valence-corrected chi connectivity index (χ4v) is 0.368. The van der Waals surface area contributed by atoms with Gasteiger partial charge in [0.2, 0.25) is 0 Å². The summed E-state index contributed by atoms with van der Waals surface area (Å²) in [7, 11) is 1.30. The van der Waals surface area contributed by atoms with E-state index in [4.69, 9.17) is 0 Å². The quantitative estimate of drug-likeness (QED) is 0.498. The molecule has 1 N–H and O–H groups in total. The number of nitrogens with zero attached hydrogens (tertiary/aromatic N) is 1. The zero-order valence-electron chi connectivity index (χ0n) is 7.13. The van der Waals surface area contributed by atoms with E-state index in [2.05, 4.69) is 22.2 Å². The molecule has 1 atom stereocenters. The summed E-state index contributed by atoms with van der Waals surface area (Å²) in [5.41, 5.74) is 2.21. The molecule has 0 aliphatic rings. The second-order valence-corrected chi connectivity index (χ2v) is 2.27. The van der Waals surface area contributed by atoms with E-state index in [1.54, 1.807) is 6.21 Å². The molecular weight excluding hydrogens is 144 g/mol. The molecule has 4 heteroatoms. The van der Waals surface area contributed by atoms with Crippen LogP contribution in [-0.2, 0) is 4.74 Å². The number of nitrogens with one attached hydrogen (secondary N) is 1. The van der Waals surface area contributed by atoms with Crippen LogP contribution in [0.3, 0.4) is 0 Å². The van der Waals surface area contributed by atoms with Gasteiger partial charge in [-0.05, 0) is 12.3 Å². The van der Waals surface area contributed by atoms with Crippen molar-refractivity contribution >= 4 is 12.3 Å². The highest BCUT2D eigenvalue weighted by Gasteiger charge is 1.94. The molecule has 0 saturated heterocycles. The van der Waals surface area contributed by atoms with Crippen LogP contribution in [0, 0.1) is 5.92 Å². The van der Waals surface area contributed by atoms with Gasteiger partial charge in [0, 0.05) is 6.21 Å². The van der Waals surface area contributed by atoms with Gasteiger partial charge in [-0.15, -0.1) is 0 Å². The molecule has 1 amide bonds. The molecule has 64 valence electrons. The Labute approximate surface area is 66.6 Å². The molecule has 0 rings (SSSR count). The Hall–Kier alpha value is -1.06. The second kappa shape index (κ2) is 5.70. The van der Waals surface area contributed by atoms with Crippen LogP contribution < -0.4 is 5.43 Å². The van der Waals surface area contributed by atoms with Gasteiger partial charge in [-0.3, -0.25) is 0 Å². The van der Waals surface area contributed by atoms with Crippen molar-refractivity contribution in [3.63, 3.8) is 0 Å². The number of hydrogen-bond acceptors (Lipinski definition) is 3. The lowest BCUT2D eigenvalue weighted by molar-refractivity contribution is 0.171. The van der Waals surface area contributed by atoms with E-state index in [1.165, 1.54) is 7.11 Å². The third kappa shape index (κ3) is 5.39. The van der Waals surface area contributed by atoms with Crippen molar-refractivity contribution in [2.24, 2.45) is 11.0 Å². The van der Waals surface area contributed by atoms with Gasteiger partial charge in [0.25, 0.3) is 0 Å². The number of ether oxygens (including phenoxy) is 1. The number of rotatable bonds is 3. The monoisotopic (exact) mass is 158 g/mol. The molecule has 0 heterocycles. The van der Waals surface area contributed by atoms with E-state index < -0.39 is 6.09 Å². The van der Waals surface area contributed by atoms with Crippen LogP contribution in [0.15, 0.2) is 5.10 Å². The second-order valence-electron chi connectivity index (χ2n) is 2.27. The van der Waals surface area contributed by atoms with Crippen molar-refractivity contribution in [2.45, 2.75) is 20.3 Å². The number of hydrazone groups is 1. The first kappa shape index (κ1) is 9.94. The SMILES string of the molecule is CCC(C)/C=N/NC(=O)OC. The van der Waals surface area contributed by atoms with Gasteiger partial charge in [0.15, 0.2) is 0 Å². The Bertz CT molecular complexity index is 145. The minimum Gasteiger partial charge on any atom is -0.452 e. The summed E-state index contributed by atoms with van der Waals surface area (Å²) in [4.78, 5) is 10.4. The molecule has 1 unspecified atom stereocenters. The predicted octanol–water partition coefficient (Wildman–Crippen LogP) is 1.37. The van der Waals surface area contributed by atoms with Gasteiger partial charge < -0.3 is 4.74 Å². The van der Waals surface area contributed by atoms with Crippen LogP contribution in [0.1, 0.15) is 20.3 Å². The molecule has 0 spiro atoms. The molecule has 0 aliphatic heterocycles. The standard InChI is InChI=1S/C7H14N2O2/c1-4-6(2)5-8-9-7(10)11-3/h5-6H,4H2,1-3H3,(H,9,10)/b8-5+. The van der Waals surface area contributed by atoms with Crippen LogP contribution in [0.4, 0.5) is 4.79 Å². The van der Waals surface area contributed by atoms with Crippen molar-refractivity contribution < 1.29 is 9.53 Å². The lowest BCUT2D eigenvalue weighted by atomic mass is 10.1. The molecule has 0 bridgehead atoms. The van der Waals surface area contributed by atoms with E-state index in [-0.39, 0.29) is 0 Å². The highest BCUT2D eigenvalue weighted by Crippen LogP contribution is 1.94. The Morgan fingerprint density at radius 3 is 2.91 bits per heavy atom. The van der Waals surface area contributed by atoms with Gasteiger partial charge in [-0.25, -0.2) is 10.2 Å². The normalized spacial score (nSPS) is 13.0.